The zero-order chi connectivity index (χ0) is 44.8. The number of nitrogens with one attached hydrogen (secondary N) is 4. The zero-order valence-corrected chi connectivity index (χ0v) is 36.9. The van der Waals surface area contributed by atoms with E-state index in [9.17, 15) is 38.9 Å². The number of rotatable bonds is 33. The quantitative estimate of drug-likeness (QED) is 0.0204. The maximum Gasteiger partial charge on any atom is 0.408 e. The molecule has 0 saturated carbocycles. The van der Waals surface area contributed by atoms with Gasteiger partial charge in [-0.3, -0.25) is 29.3 Å². The Morgan fingerprint density at radius 2 is 1.25 bits per heavy atom. The summed E-state index contributed by atoms with van der Waals surface area (Å²) in [5.74, 6) is -2.99. The van der Waals surface area contributed by atoms with Crippen molar-refractivity contribution < 1.29 is 43.2 Å². The summed E-state index contributed by atoms with van der Waals surface area (Å²) in [5.41, 5.74) is 5.09. The molecule has 0 bridgehead atoms. The number of non-ortho nitro benzene ring substituents is 1. The van der Waals surface area contributed by atoms with E-state index in [0.717, 1.165) is 19.3 Å². The molecule has 0 aliphatic heterocycles. The normalized spacial score (nSPS) is 12.7. The van der Waals surface area contributed by atoms with Crippen LogP contribution in [0.3, 0.4) is 0 Å². The van der Waals surface area contributed by atoms with E-state index in [1.807, 2.05) is 0 Å². The number of carbonyl (C=O) groups is 6. The summed E-state index contributed by atoms with van der Waals surface area (Å²) in [5, 5.41) is 21.4. The fourth-order valence-corrected chi connectivity index (χ4v) is 6.34. The SMILES string of the molecule is CCCCCCCCCCCCCCCCCC(=O)NCCCC[C@H](NC(=O)CC[C@@H](NC(=O)[C@H](C)NC(=O)OC(C)(C)C)C(N)=O)C(=O)OCc1ccc([N+](=O)[O-])cc1. The van der Waals surface area contributed by atoms with Gasteiger partial charge in [-0.05, 0) is 77.5 Å². The topological polar surface area (TPSA) is 238 Å². The first-order chi connectivity index (χ1) is 28.5. The molecule has 16 heteroatoms. The molecule has 0 spiro atoms. The molecule has 0 fully saturated rings. The van der Waals surface area contributed by atoms with Crippen molar-refractivity contribution in [3.8, 4) is 0 Å². The molecule has 0 unspecified atom stereocenters. The predicted octanol–water partition coefficient (Wildman–Crippen LogP) is 7.33. The van der Waals surface area contributed by atoms with E-state index in [4.69, 9.17) is 15.2 Å². The van der Waals surface area contributed by atoms with Gasteiger partial charge in [0, 0.05) is 31.5 Å². The summed E-state index contributed by atoms with van der Waals surface area (Å²) >= 11 is 0. The number of primary amides is 1. The van der Waals surface area contributed by atoms with Gasteiger partial charge in [-0.15, -0.1) is 0 Å². The van der Waals surface area contributed by atoms with E-state index in [0.29, 0.717) is 31.4 Å². The van der Waals surface area contributed by atoms with Gasteiger partial charge in [0.05, 0.1) is 4.92 Å². The minimum absolute atomic E-state index is 0.0248. The van der Waals surface area contributed by atoms with Crippen LogP contribution in [0, 0.1) is 10.1 Å². The monoisotopic (exact) mass is 847 g/mol. The van der Waals surface area contributed by atoms with Crippen LogP contribution in [0.4, 0.5) is 10.5 Å². The lowest BCUT2D eigenvalue weighted by atomic mass is 10.0. The van der Waals surface area contributed by atoms with E-state index in [1.165, 1.54) is 108 Å². The molecule has 60 heavy (non-hydrogen) atoms. The van der Waals surface area contributed by atoms with Gasteiger partial charge in [0.25, 0.3) is 5.69 Å². The maximum absolute atomic E-state index is 13.2. The Morgan fingerprint density at radius 1 is 0.700 bits per heavy atom. The van der Waals surface area contributed by atoms with Crippen LogP contribution in [-0.2, 0) is 40.1 Å². The van der Waals surface area contributed by atoms with Crippen LogP contribution in [0.2, 0.25) is 0 Å². The fourth-order valence-electron chi connectivity index (χ4n) is 6.34. The number of hydrogen-bond acceptors (Lipinski definition) is 10. The molecule has 0 aliphatic rings. The van der Waals surface area contributed by atoms with Crippen molar-refractivity contribution in [3.63, 3.8) is 0 Å². The molecular formula is C44H74N6O10. The summed E-state index contributed by atoms with van der Waals surface area (Å²) in [7, 11) is 0. The van der Waals surface area contributed by atoms with Crippen molar-refractivity contribution in [2.75, 3.05) is 6.54 Å². The Hall–Kier alpha value is -4.76. The van der Waals surface area contributed by atoms with Gasteiger partial charge in [-0.1, -0.05) is 96.8 Å². The molecule has 1 aromatic rings. The van der Waals surface area contributed by atoms with Crippen molar-refractivity contribution in [1.82, 2.24) is 21.3 Å². The highest BCUT2D eigenvalue weighted by atomic mass is 16.6. The van der Waals surface area contributed by atoms with Gasteiger partial charge in [-0.2, -0.15) is 0 Å². The molecule has 5 amide bonds. The van der Waals surface area contributed by atoms with Gasteiger partial charge in [0.2, 0.25) is 23.6 Å². The number of amides is 5. The van der Waals surface area contributed by atoms with E-state index in [-0.39, 0.29) is 37.5 Å². The molecule has 0 saturated heterocycles. The third-order valence-electron chi connectivity index (χ3n) is 9.84. The average Bonchev–Trinajstić information content (AvgIpc) is 3.18. The lowest BCUT2D eigenvalue weighted by Crippen LogP contribution is -2.52. The highest BCUT2D eigenvalue weighted by molar-refractivity contribution is 5.91. The molecule has 0 aromatic heterocycles. The van der Waals surface area contributed by atoms with Crippen molar-refractivity contribution in [1.29, 1.82) is 0 Å². The van der Waals surface area contributed by atoms with Crippen molar-refractivity contribution >= 4 is 41.4 Å². The van der Waals surface area contributed by atoms with Gasteiger partial charge in [0.1, 0.15) is 30.3 Å². The van der Waals surface area contributed by atoms with Crippen LogP contribution in [-0.4, -0.2) is 70.9 Å². The van der Waals surface area contributed by atoms with Gasteiger partial charge in [0.15, 0.2) is 0 Å². The van der Waals surface area contributed by atoms with Crippen LogP contribution in [0.1, 0.15) is 175 Å². The summed E-state index contributed by atoms with van der Waals surface area (Å²) in [6.07, 6.45) is 19.2. The number of esters is 1. The molecule has 0 aliphatic carbocycles. The lowest BCUT2D eigenvalue weighted by Gasteiger charge is -2.23. The number of ether oxygens (including phenoxy) is 2. The van der Waals surface area contributed by atoms with Gasteiger partial charge >= 0.3 is 12.1 Å². The fraction of sp³-hybridized carbons (Fsp3) is 0.727. The van der Waals surface area contributed by atoms with Crippen molar-refractivity contribution in [3.05, 3.63) is 39.9 Å². The van der Waals surface area contributed by atoms with Crippen molar-refractivity contribution in [2.24, 2.45) is 5.73 Å². The number of nitro groups is 1. The summed E-state index contributed by atoms with van der Waals surface area (Å²) < 4.78 is 10.6. The van der Waals surface area contributed by atoms with E-state index in [2.05, 4.69) is 28.2 Å². The molecule has 3 atom stereocenters. The maximum atomic E-state index is 13.2. The Kier molecular flexibility index (Phi) is 27.7. The number of benzene rings is 1. The molecular weight excluding hydrogens is 773 g/mol. The van der Waals surface area contributed by atoms with Gasteiger partial charge < -0.3 is 36.5 Å². The summed E-state index contributed by atoms with van der Waals surface area (Å²) in [6, 6.07) is 2.09. The van der Waals surface area contributed by atoms with Crippen LogP contribution in [0.25, 0.3) is 0 Å². The second-order valence-electron chi connectivity index (χ2n) is 16.6. The first kappa shape index (κ1) is 53.3. The van der Waals surface area contributed by atoms with Gasteiger partial charge in [-0.25, -0.2) is 9.59 Å². The van der Waals surface area contributed by atoms with Crippen LogP contribution in [0.15, 0.2) is 24.3 Å². The second kappa shape index (κ2) is 31.2. The minimum Gasteiger partial charge on any atom is -0.459 e. The highest BCUT2D eigenvalue weighted by Gasteiger charge is 2.27. The highest BCUT2D eigenvalue weighted by Crippen LogP contribution is 2.16. The Balaban J connectivity index is 2.54. The molecule has 0 radical (unpaired) electrons. The first-order valence-corrected chi connectivity index (χ1v) is 22.1. The number of alkyl carbamates (subject to hydrolysis) is 1. The van der Waals surface area contributed by atoms with Crippen LogP contribution in [0.5, 0.6) is 0 Å². The van der Waals surface area contributed by atoms with E-state index in [1.54, 1.807) is 20.8 Å². The predicted molar refractivity (Wildman–Crippen MR) is 230 cm³/mol. The third kappa shape index (κ3) is 27.1. The summed E-state index contributed by atoms with van der Waals surface area (Å²) in [6.45, 7) is 8.84. The first-order valence-electron chi connectivity index (χ1n) is 22.1. The molecule has 340 valence electrons. The van der Waals surface area contributed by atoms with Crippen LogP contribution >= 0.6 is 0 Å². The number of nitro benzene ring substituents is 1. The number of unbranched alkanes of at least 4 members (excludes halogenated alkanes) is 15. The second-order valence-corrected chi connectivity index (χ2v) is 16.6. The number of nitrogens with zero attached hydrogens (tertiary/aromatic N) is 1. The number of hydrogen-bond donors (Lipinski definition) is 5. The summed E-state index contributed by atoms with van der Waals surface area (Å²) in [4.78, 5) is 86.0. The zero-order valence-electron chi connectivity index (χ0n) is 36.9. The third-order valence-corrected chi connectivity index (χ3v) is 9.84. The largest absolute Gasteiger partial charge is 0.459 e. The number of nitrogens with two attached hydrogens (primary N) is 1. The molecule has 1 aromatic carbocycles. The van der Waals surface area contributed by atoms with Crippen molar-refractivity contribution in [2.45, 2.75) is 200 Å². The van der Waals surface area contributed by atoms with E-state index >= 15 is 0 Å². The number of carbonyl (C=O) groups excluding carboxylic acids is 6. The van der Waals surface area contributed by atoms with Crippen LogP contribution < -0.4 is 27.0 Å². The molecule has 16 nitrogen and oxygen atoms in total. The van der Waals surface area contributed by atoms with E-state index < -0.39 is 58.4 Å². The minimum atomic E-state index is -1.25. The molecule has 1 rings (SSSR count). The Labute approximate surface area is 357 Å². The molecule has 6 N–H and O–H groups in total. The lowest BCUT2D eigenvalue weighted by molar-refractivity contribution is -0.384. The molecule has 0 heterocycles. The smallest absolute Gasteiger partial charge is 0.408 e. The Morgan fingerprint density at radius 3 is 1.77 bits per heavy atom. The average molecular weight is 847 g/mol. The Bertz CT molecular complexity index is 1450. The standard InChI is InChI=1S/C44H74N6O10/c1-6-7-8-9-10-11-12-13-14-15-16-17-18-19-20-24-38(51)46-31-22-21-23-37(42(55)59-32-34-25-27-35(28-26-34)50(57)58)48-39(52)30-29-36(40(45)53)49-41(54)33(2)47-43(56)60-44(3,4)5/h25-28,33,36-37H,6-24,29-32H2,1-5H3,(H2,45,53)(H,46,51)(H,47,56)(H,48,52)(H,49,54)/t33-,36+,37-/m0/s1.